The Morgan fingerprint density at radius 1 is 1.17 bits per heavy atom. The van der Waals surface area contributed by atoms with Crippen LogP contribution in [0.3, 0.4) is 0 Å². The molecule has 3 aromatic rings. The van der Waals surface area contributed by atoms with Crippen molar-refractivity contribution in [1.82, 2.24) is 9.97 Å². The summed E-state index contributed by atoms with van der Waals surface area (Å²) >= 11 is 3.29. The standard InChI is InChI=1S/C19H14BrF2N3O4/c1-27-17(26)13-7-2-3-8-15(13)29-16-14(20)10-23-19(25-16)24-11-5-4-6-12(9-11)28-18(21)22/h2-10,18H,1H3,(H,23,24,25). The average Bonchev–Trinajstić information content (AvgIpc) is 2.70. The average molecular weight is 466 g/mol. The quantitative estimate of drug-likeness (QED) is 0.482. The third kappa shape index (κ3) is 5.38. The number of nitrogens with one attached hydrogen (secondary N) is 1. The van der Waals surface area contributed by atoms with Gasteiger partial charge in [0.15, 0.2) is 0 Å². The fraction of sp³-hybridized carbons (Fsp3) is 0.105. The van der Waals surface area contributed by atoms with Crippen LogP contribution in [0.5, 0.6) is 17.4 Å². The summed E-state index contributed by atoms with van der Waals surface area (Å²) in [6.07, 6.45) is 1.45. The van der Waals surface area contributed by atoms with Crippen molar-refractivity contribution in [3.8, 4) is 17.4 Å². The highest BCUT2D eigenvalue weighted by atomic mass is 79.9. The third-order valence-corrected chi connectivity index (χ3v) is 4.07. The Kier molecular flexibility index (Phi) is 6.55. The van der Waals surface area contributed by atoms with E-state index in [4.69, 9.17) is 9.47 Å². The van der Waals surface area contributed by atoms with Gasteiger partial charge < -0.3 is 19.5 Å². The zero-order valence-electron chi connectivity index (χ0n) is 14.9. The summed E-state index contributed by atoms with van der Waals surface area (Å²) in [6, 6.07) is 12.5. The Hall–Kier alpha value is -3.27. The van der Waals surface area contributed by atoms with E-state index >= 15 is 0 Å². The van der Waals surface area contributed by atoms with Crippen molar-refractivity contribution >= 4 is 33.5 Å². The molecule has 0 radical (unpaired) electrons. The third-order valence-electron chi connectivity index (χ3n) is 3.53. The zero-order chi connectivity index (χ0) is 20.8. The molecule has 150 valence electrons. The number of hydrogen-bond donors (Lipinski definition) is 1. The van der Waals surface area contributed by atoms with Gasteiger partial charge >= 0.3 is 12.6 Å². The van der Waals surface area contributed by atoms with Gasteiger partial charge in [0.2, 0.25) is 11.8 Å². The van der Waals surface area contributed by atoms with E-state index in [0.717, 1.165) is 0 Å². The number of anilines is 2. The predicted molar refractivity (Wildman–Crippen MR) is 104 cm³/mol. The molecule has 0 saturated heterocycles. The van der Waals surface area contributed by atoms with Crippen molar-refractivity contribution in [2.45, 2.75) is 6.61 Å². The molecule has 0 spiro atoms. The number of nitrogens with zero attached hydrogens (tertiary/aromatic N) is 2. The van der Waals surface area contributed by atoms with Crippen LogP contribution < -0.4 is 14.8 Å². The largest absolute Gasteiger partial charge is 0.465 e. The summed E-state index contributed by atoms with van der Waals surface area (Å²) in [4.78, 5) is 20.3. The fourth-order valence-electron chi connectivity index (χ4n) is 2.30. The second kappa shape index (κ2) is 9.28. The van der Waals surface area contributed by atoms with Crippen LogP contribution in [-0.2, 0) is 4.74 Å². The van der Waals surface area contributed by atoms with Gasteiger partial charge in [0, 0.05) is 11.8 Å². The van der Waals surface area contributed by atoms with E-state index in [1.807, 2.05) is 0 Å². The molecule has 0 aliphatic rings. The number of esters is 1. The maximum Gasteiger partial charge on any atom is 0.387 e. The van der Waals surface area contributed by atoms with E-state index in [2.05, 4.69) is 36.0 Å². The van der Waals surface area contributed by atoms with Gasteiger partial charge in [-0.25, -0.2) is 9.78 Å². The first-order valence-electron chi connectivity index (χ1n) is 8.16. The minimum atomic E-state index is -2.93. The number of carbonyl (C=O) groups is 1. The summed E-state index contributed by atoms with van der Waals surface area (Å²) in [5, 5.41) is 2.88. The molecule has 7 nitrogen and oxygen atoms in total. The van der Waals surface area contributed by atoms with Crippen LogP contribution >= 0.6 is 15.9 Å². The minimum Gasteiger partial charge on any atom is -0.465 e. The molecule has 0 atom stereocenters. The Labute approximate surface area is 172 Å². The van der Waals surface area contributed by atoms with Gasteiger partial charge in [0.25, 0.3) is 0 Å². The molecule has 3 rings (SSSR count). The summed E-state index contributed by atoms with van der Waals surface area (Å²) in [5.41, 5.74) is 0.665. The van der Waals surface area contributed by atoms with Gasteiger partial charge in [-0.2, -0.15) is 13.8 Å². The minimum absolute atomic E-state index is 0.00871. The topological polar surface area (TPSA) is 82.6 Å². The number of carbonyl (C=O) groups excluding carboxylic acids is 1. The Morgan fingerprint density at radius 2 is 1.97 bits per heavy atom. The van der Waals surface area contributed by atoms with Gasteiger partial charge in [-0.05, 0) is 40.2 Å². The lowest BCUT2D eigenvalue weighted by Crippen LogP contribution is -2.05. The molecule has 0 fully saturated rings. The van der Waals surface area contributed by atoms with Gasteiger partial charge in [0.1, 0.15) is 17.1 Å². The van der Waals surface area contributed by atoms with E-state index in [-0.39, 0.29) is 28.9 Å². The number of halogens is 3. The van der Waals surface area contributed by atoms with Crippen molar-refractivity contribution < 1.29 is 27.8 Å². The maximum absolute atomic E-state index is 12.4. The fourth-order valence-corrected chi connectivity index (χ4v) is 2.57. The first kappa shape index (κ1) is 20.5. The highest BCUT2D eigenvalue weighted by Crippen LogP contribution is 2.31. The summed E-state index contributed by atoms with van der Waals surface area (Å²) < 4.78 is 40.1. The van der Waals surface area contributed by atoms with Crippen LogP contribution in [0.15, 0.2) is 59.2 Å². The molecule has 0 amide bonds. The van der Waals surface area contributed by atoms with E-state index in [1.165, 1.54) is 25.4 Å². The van der Waals surface area contributed by atoms with Crippen LogP contribution in [0.1, 0.15) is 10.4 Å². The number of benzene rings is 2. The van der Waals surface area contributed by atoms with Crippen molar-refractivity contribution in [1.29, 1.82) is 0 Å². The van der Waals surface area contributed by atoms with Gasteiger partial charge in [0.05, 0.1) is 17.8 Å². The summed E-state index contributed by atoms with van der Waals surface area (Å²) in [7, 11) is 1.27. The number of alkyl halides is 2. The van der Waals surface area contributed by atoms with Crippen LogP contribution in [0.2, 0.25) is 0 Å². The molecule has 0 saturated carbocycles. The molecule has 29 heavy (non-hydrogen) atoms. The first-order chi connectivity index (χ1) is 14.0. The molecule has 10 heteroatoms. The maximum atomic E-state index is 12.4. The van der Waals surface area contributed by atoms with Crippen molar-refractivity contribution in [2.24, 2.45) is 0 Å². The van der Waals surface area contributed by atoms with Crippen LogP contribution in [-0.4, -0.2) is 29.7 Å². The van der Waals surface area contributed by atoms with E-state index in [0.29, 0.717) is 10.2 Å². The zero-order valence-corrected chi connectivity index (χ0v) is 16.5. The molecule has 1 aromatic heterocycles. The molecule has 1 heterocycles. The van der Waals surface area contributed by atoms with Gasteiger partial charge in [-0.3, -0.25) is 0 Å². The van der Waals surface area contributed by atoms with Crippen molar-refractivity contribution in [3.05, 3.63) is 64.8 Å². The Bertz CT molecular complexity index is 1020. The number of hydrogen-bond acceptors (Lipinski definition) is 7. The molecule has 0 unspecified atom stereocenters. The number of methoxy groups -OCH3 is 1. The van der Waals surface area contributed by atoms with Gasteiger partial charge in [-0.1, -0.05) is 18.2 Å². The smallest absolute Gasteiger partial charge is 0.387 e. The lowest BCUT2D eigenvalue weighted by molar-refractivity contribution is -0.0498. The molecular formula is C19H14BrF2N3O4. The van der Waals surface area contributed by atoms with E-state index < -0.39 is 12.6 Å². The van der Waals surface area contributed by atoms with Crippen LogP contribution in [0.25, 0.3) is 0 Å². The monoisotopic (exact) mass is 465 g/mol. The van der Waals surface area contributed by atoms with E-state index in [9.17, 15) is 13.6 Å². The highest BCUT2D eigenvalue weighted by Gasteiger charge is 2.16. The second-order valence-electron chi connectivity index (χ2n) is 5.47. The molecule has 0 bridgehead atoms. The lowest BCUT2D eigenvalue weighted by atomic mass is 10.2. The van der Waals surface area contributed by atoms with Crippen LogP contribution in [0.4, 0.5) is 20.4 Å². The SMILES string of the molecule is COC(=O)c1ccccc1Oc1nc(Nc2cccc(OC(F)F)c2)ncc1Br. The van der Waals surface area contributed by atoms with Crippen molar-refractivity contribution in [2.75, 3.05) is 12.4 Å². The van der Waals surface area contributed by atoms with Gasteiger partial charge in [-0.15, -0.1) is 0 Å². The van der Waals surface area contributed by atoms with Crippen LogP contribution in [0, 0.1) is 0 Å². The molecule has 1 N–H and O–H groups in total. The second-order valence-corrected chi connectivity index (χ2v) is 6.32. The molecule has 0 aliphatic carbocycles. The highest BCUT2D eigenvalue weighted by molar-refractivity contribution is 9.10. The normalized spacial score (nSPS) is 10.5. The number of aromatic nitrogens is 2. The number of ether oxygens (including phenoxy) is 3. The summed E-state index contributed by atoms with van der Waals surface area (Å²) in [5.74, 6) is -0.0330. The Morgan fingerprint density at radius 3 is 2.72 bits per heavy atom. The van der Waals surface area contributed by atoms with Crippen molar-refractivity contribution in [3.63, 3.8) is 0 Å². The first-order valence-corrected chi connectivity index (χ1v) is 8.95. The molecular weight excluding hydrogens is 452 g/mol. The Balaban J connectivity index is 1.84. The predicted octanol–water partition coefficient (Wildman–Crippen LogP) is 5.16. The summed E-state index contributed by atoms with van der Waals surface area (Å²) in [6.45, 7) is -2.93. The number of para-hydroxylation sites is 1. The van der Waals surface area contributed by atoms with E-state index in [1.54, 1.807) is 36.4 Å². The molecule has 2 aromatic carbocycles. The lowest BCUT2D eigenvalue weighted by Gasteiger charge is -2.12. The molecule has 0 aliphatic heterocycles. The number of rotatable bonds is 7.